The van der Waals surface area contributed by atoms with Gasteiger partial charge in [-0.2, -0.15) is 0 Å². The van der Waals surface area contributed by atoms with E-state index < -0.39 is 0 Å². The second kappa shape index (κ2) is 7.67. The predicted octanol–water partition coefficient (Wildman–Crippen LogP) is 1.69. The van der Waals surface area contributed by atoms with E-state index in [-0.39, 0.29) is 30.5 Å². The molecule has 1 aliphatic heterocycles. The molecule has 1 aromatic rings. The number of halogens is 1. The van der Waals surface area contributed by atoms with Crippen LogP contribution in [0.1, 0.15) is 13.8 Å². The number of nitrogens with zero attached hydrogens (tertiary/aromatic N) is 1. The molecule has 0 radical (unpaired) electrons. The Hall–Kier alpha value is -1.50. The highest BCUT2D eigenvalue weighted by molar-refractivity contribution is 5.92. The third kappa shape index (κ3) is 5.05. The zero-order chi connectivity index (χ0) is 15.5. The number of fused-ring (bicyclic) bond motifs is 1. The van der Waals surface area contributed by atoms with E-state index in [1.165, 1.54) is 0 Å². The fourth-order valence-electron chi connectivity index (χ4n) is 2.27. The first-order valence-electron chi connectivity index (χ1n) is 6.98. The van der Waals surface area contributed by atoms with Crippen molar-refractivity contribution >= 4 is 24.0 Å². The third-order valence-corrected chi connectivity index (χ3v) is 3.32. The van der Waals surface area contributed by atoms with Crippen molar-refractivity contribution in [3.05, 3.63) is 18.2 Å². The van der Waals surface area contributed by atoms with Gasteiger partial charge in [0.2, 0.25) is 12.7 Å². The van der Waals surface area contributed by atoms with Gasteiger partial charge in [-0.15, -0.1) is 12.4 Å². The van der Waals surface area contributed by atoms with Crippen LogP contribution >= 0.6 is 12.4 Å². The lowest BCUT2D eigenvalue weighted by Gasteiger charge is -2.28. The number of hydrogen-bond acceptors (Lipinski definition) is 5. The average Bonchev–Trinajstić information content (AvgIpc) is 2.85. The Morgan fingerprint density at radius 3 is 2.73 bits per heavy atom. The SMILES string of the molecule is CN(CC(=O)Nc1ccc2c(c1)OCO2)CC(C)(C)CN.Cl. The summed E-state index contributed by atoms with van der Waals surface area (Å²) in [6, 6.07) is 5.36. The Balaban J connectivity index is 0.00000242. The van der Waals surface area contributed by atoms with Gasteiger partial charge in [-0.1, -0.05) is 13.8 Å². The Bertz CT molecular complexity index is 523. The monoisotopic (exact) mass is 329 g/mol. The molecule has 22 heavy (non-hydrogen) atoms. The fourth-order valence-corrected chi connectivity index (χ4v) is 2.27. The minimum Gasteiger partial charge on any atom is -0.454 e. The molecule has 0 atom stereocenters. The molecule has 1 aromatic carbocycles. The van der Waals surface area contributed by atoms with Crippen LogP contribution in [0.15, 0.2) is 18.2 Å². The molecule has 6 nitrogen and oxygen atoms in total. The van der Waals surface area contributed by atoms with Crippen molar-refractivity contribution in [2.45, 2.75) is 13.8 Å². The van der Waals surface area contributed by atoms with Crippen molar-refractivity contribution in [1.82, 2.24) is 4.90 Å². The maximum Gasteiger partial charge on any atom is 0.238 e. The van der Waals surface area contributed by atoms with Gasteiger partial charge in [0.05, 0.1) is 6.54 Å². The lowest BCUT2D eigenvalue weighted by molar-refractivity contribution is -0.117. The van der Waals surface area contributed by atoms with Crippen LogP contribution in [0.25, 0.3) is 0 Å². The molecule has 3 N–H and O–H groups in total. The number of rotatable bonds is 6. The maximum absolute atomic E-state index is 12.0. The van der Waals surface area contributed by atoms with Crippen LogP contribution in [0.4, 0.5) is 5.69 Å². The summed E-state index contributed by atoms with van der Waals surface area (Å²) in [5.74, 6) is 1.30. The maximum atomic E-state index is 12.0. The van der Waals surface area contributed by atoms with Crippen LogP contribution in [0.3, 0.4) is 0 Å². The van der Waals surface area contributed by atoms with E-state index in [2.05, 4.69) is 19.2 Å². The smallest absolute Gasteiger partial charge is 0.238 e. The summed E-state index contributed by atoms with van der Waals surface area (Å²) in [4.78, 5) is 14.0. The van der Waals surface area contributed by atoms with Gasteiger partial charge in [0.1, 0.15) is 0 Å². The summed E-state index contributed by atoms with van der Waals surface area (Å²) in [5.41, 5.74) is 6.41. The number of nitrogens with one attached hydrogen (secondary N) is 1. The highest BCUT2D eigenvalue weighted by atomic mass is 35.5. The van der Waals surface area contributed by atoms with E-state index in [0.717, 1.165) is 6.54 Å². The number of amides is 1. The van der Waals surface area contributed by atoms with Crippen LogP contribution < -0.4 is 20.5 Å². The molecule has 1 amide bonds. The van der Waals surface area contributed by atoms with Crippen LogP contribution in [-0.4, -0.2) is 44.3 Å². The van der Waals surface area contributed by atoms with Crippen molar-refractivity contribution < 1.29 is 14.3 Å². The van der Waals surface area contributed by atoms with Crippen LogP contribution in [0, 0.1) is 5.41 Å². The molecule has 0 spiro atoms. The predicted molar refractivity (Wildman–Crippen MR) is 88.8 cm³/mol. The Kier molecular flexibility index (Phi) is 6.47. The van der Waals surface area contributed by atoms with Gasteiger partial charge in [-0.05, 0) is 31.1 Å². The highest BCUT2D eigenvalue weighted by Gasteiger charge is 2.20. The number of carbonyl (C=O) groups is 1. The number of ether oxygens (including phenoxy) is 2. The van der Waals surface area contributed by atoms with Crippen molar-refractivity contribution in [3.8, 4) is 11.5 Å². The van der Waals surface area contributed by atoms with E-state index in [1.807, 2.05) is 11.9 Å². The number of carbonyl (C=O) groups excluding carboxylic acids is 1. The number of likely N-dealkylation sites (N-methyl/N-ethyl adjacent to an activating group) is 1. The Morgan fingerprint density at radius 2 is 2.05 bits per heavy atom. The molecule has 2 rings (SSSR count). The molecule has 1 heterocycles. The largest absolute Gasteiger partial charge is 0.454 e. The van der Waals surface area contributed by atoms with Gasteiger partial charge in [0.25, 0.3) is 0 Å². The number of anilines is 1. The molecule has 0 saturated carbocycles. The summed E-state index contributed by atoms with van der Waals surface area (Å²) < 4.78 is 10.5. The van der Waals surface area contributed by atoms with Gasteiger partial charge in [0.15, 0.2) is 11.5 Å². The van der Waals surface area contributed by atoms with E-state index >= 15 is 0 Å². The van der Waals surface area contributed by atoms with Gasteiger partial charge in [0, 0.05) is 18.3 Å². The van der Waals surface area contributed by atoms with Crippen molar-refractivity contribution in [3.63, 3.8) is 0 Å². The normalized spacial score (nSPS) is 13.0. The first-order chi connectivity index (χ1) is 9.89. The van der Waals surface area contributed by atoms with E-state index in [1.54, 1.807) is 18.2 Å². The topological polar surface area (TPSA) is 76.8 Å². The molecule has 1 aliphatic rings. The summed E-state index contributed by atoms with van der Waals surface area (Å²) in [6.07, 6.45) is 0. The molecule has 7 heteroatoms. The van der Waals surface area contributed by atoms with Crippen LogP contribution in [0.5, 0.6) is 11.5 Å². The summed E-state index contributed by atoms with van der Waals surface area (Å²) in [6.45, 7) is 6.05. The van der Waals surface area contributed by atoms with Crippen molar-refractivity contribution in [1.29, 1.82) is 0 Å². The summed E-state index contributed by atoms with van der Waals surface area (Å²) in [5, 5.41) is 2.86. The number of nitrogens with two attached hydrogens (primary N) is 1. The fraction of sp³-hybridized carbons (Fsp3) is 0.533. The minimum absolute atomic E-state index is 0. The molecular weight excluding hydrogens is 306 g/mol. The first-order valence-corrected chi connectivity index (χ1v) is 6.98. The summed E-state index contributed by atoms with van der Waals surface area (Å²) in [7, 11) is 1.91. The average molecular weight is 330 g/mol. The minimum atomic E-state index is -0.0656. The number of hydrogen-bond donors (Lipinski definition) is 2. The summed E-state index contributed by atoms with van der Waals surface area (Å²) >= 11 is 0. The molecule has 0 unspecified atom stereocenters. The van der Waals surface area contributed by atoms with E-state index in [9.17, 15) is 4.79 Å². The molecule has 0 aliphatic carbocycles. The van der Waals surface area contributed by atoms with Gasteiger partial charge < -0.3 is 20.5 Å². The number of benzene rings is 1. The first kappa shape index (κ1) is 18.5. The van der Waals surface area contributed by atoms with Crippen molar-refractivity contribution in [2.75, 3.05) is 38.8 Å². The van der Waals surface area contributed by atoms with Crippen LogP contribution in [0.2, 0.25) is 0 Å². The third-order valence-electron chi connectivity index (χ3n) is 3.32. The van der Waals surface area contributed by atoms with E-state index in [0.29, 0.717) is 30.3 Å². The lowest BCUT2D eigenvalue weighted by Crippen LogP contribution is -2.40. The van der Waals surface area contributed by atoms with Gasteiger partial charge >= 0.3 is 0 Å². The Morgan fingerprint density at radius 1 is 1.36 bits per heavy atom. The zero-order valence-electron chi connectivity index (χ0n) is 13.2. The van der Waals surface area contributed by atoms with Crippen LogP contribution in [-0.2, 0) is 4.79 Å². The van der Waals surface area contributed by atoms with Crippen molar-refractivity contribution in [2.24, 2.45) is 11.1 Å². The van der Waals surface area contributed by atoms with E-state index in [4.69, 9.17) is 15.2 Å². The molecular formula is C15H24ClN3O3. The lowest BCUT2D eigenvalue weighted by atomic mass is 9.93. The molecule has 0 fully saturated rings. The zero-order valence-corrected chi connectivity index (χ0v) is 14.0. The second-order valence-corrected chi connectivity index (χ2v) is 6.16. The van der Waals surface area contributed by atoms with Gasteiger partial charge in [-0.25, -0.2) is 0 Å². The standard InChI is InChI=1S/C15H23N3O3.ClH/c1-15(2,8-16)9-18(3)7-14(19)17-11-4-5-12-13(6-11)21-10-20-12;/h4-6H,7-10,16H2,1-3H3,(H,17,19);1H. The molecule has 124 valence electrons. The quantitative estimate of drug-likeness (QED) is 0.830. The Labute approximate surface area is 137 Å². The molecule has 0 saturated heterocycles. The molecule has 0 aromatic heterocycles. The highest BCUT2D eigenvalue weighted by Crippen LogP contribution is 2.34. The van der Waals surface area contributed by atoms with Gasteiger partial charge in [-0.3, -0.25) is 9.69 Å². The second-order valence-electron chi connectivity index (χ2n) is 6.16. The molecule has 0 bridgehead atoms.